The van der Waals surface area contributed by atoms with E-state index in [2.05, 4.69) is 12.2 Å². The second-order valence-corrected chi connectivity index (χ2v) is 3.27. The van der Waals surface area contributed by atoms with E-state index < -0.39 is 0 Å². The van der Waals surface area contributed by atoms with Crippen LogP contribution in [-0.2, 0) is 4.79 Å². The van der Waals surface area contributed by atoms with Crippen molar-refractivity contribution >= 4 is 5.91 Å². The first-order valence-corrected chi connectivity index (χ1v) is 4.23. The number of nitrogens with one attached hydrogen (secondary N) is 1. The minimum Gasteiger partial charge on any atom is -0.353 e. The molecule has 2 unspecified atom stereocenters. The van der Waals surface area contributed by atoms with Crippen LogP contribution in [0.25, 0.3) is 0 Å². The smallest absolute Gasteiger partial charge is 0.220 e. The van der Waals surface area contributed by atoms with Crippen molar-refractivity contribution in [3.05, 3.63) is 0 Å². The third kappa shape index (κ3) is 2.19. The summed E-state index contributed by atoms with van der Waals surface area (Å²) < 4.78 is 0. The van der Waals surface area contributed by atoms with Gasteiger partial charge in [0.2, 0.25) is 5.91 Å². The van der Waals surface area contributed by atoms with Crippen molar-refractivity contribution < 1.29 is 4.79 Å². The molecule has 1 aliphatic rings. The molecule has 3 nitrogen and oxygen atoms in total. The minimum atomic E-state index is 0.193. The van der Waals surface area contributed by atoms with Crippen LogP contribution in [-0.4, -0.2) is 18.5 Å². The zero-order valence-electron chi connectivity index (χ0n) is 6.97. The van der Waals surface area contributed by atoms with Gasteiger partial charge in [-0.05, 0) is 25.3 Å². The first kappa shape index (κ1) is 8.53. The molecule has 3 N–H and O–H groups in total. The van der Waals surface area contributed by atoms with Gasteiger partial charge in [-0.3, -0.25) is 4.79 Å². The van der Waals surface area contributed by atoms with Crippen LogP contribution in [0.4, 0.5) is 0 Å². The van der Waals surface area contributed by atoms with Gasteiger partial charge in [0.25, 0.3) is 0 Å². The number of nitrogens with two attached hydrogens (primary N) is 1. The molecule has 2 atom stereocenters. The lowest BCUT2D eigenvalue weighted by molar-refractivity contribution is -0.119. The molecule has 1 amide bonds. The molecule has 11 heavy (non-hydrogen) atoms. The Kier molecular flexibility index (Phi) is 2.88. The van der Waals surface area contributed by atoms with Gasteiger partial charge in [-0.15, -0.1) is 0 Å². The molecule has 0 spiro atoms. The van der Waals surface area contributed by atoms with Crippen LogP contribution < -0.4 is 11.1 Å². The maximum absolute atomic E-state index is 10.8. The van der Waals surface area contributed by atoms with Crippen LogP contribution in [0, 0.1) is 5.92 Å². The van der Waals surface area contributed by atoms with E-state index >= 15 is 0 Å². The molecule has 1 rings (SSSR count). The number of hydrogen-bond donors (Lipinski definition) is 2. The fourth-order valence-corrected chi connectivity index (χ4v) is 1.53. The second-order valence-electron chi connectivity index (χ2n) is 3.27. The Hall–Kier alpha value is -0.570. The number of carbonyl (C=O) groups excluding carboxylic acids is 1. The summed E-state index contributed by atoms with van der Waals surface area (Å²) in [5, 5.41) is 2.94. The molecule has 0 saturated carbocycles. The monoisotopic (exact) mass is 156 g/mol. The fraction of sp³-hybridized carbons (Fsp3) is 0.875. The van der Waals surface area contributed by atoms with Crippen molar-refractivity contribution in [2.75, 3.05) is 6.54 Å². The molecule has 0 aromatic rings. The summed E-state index contributed by atoms with van der Waals surface area (Å²) in [6.45, 7) is 2.86. The normalized spacial score (nSPS) is 26.7. The van der Waals surface area contributed by atoms with Gasteiger partial charge in [0, 0.05) is 12.5 Å². The molecular weight excluding hydrogens is 140 g/mol. The van der Waals surface area contributed by atoms with Crippen LogP contribution in [0.1, 0.15) is 26.2 Å². The van der Waals surface area contributed by atoms with Crippen molar-refractivity contribution in [2.45, 2.75) is 32.2 Å². The highest BCUT2D eigenvalue weighted by Crippen LogP contribution is 2.17. The third-order valence-electron chi connectivity index (χ3n) is 2.34. The van der Waals surface area contributed by atoms with E-state index in [0.717, 1.165) is 12.8 Å². The summed E-state index contributed by atoms with van der Waals surface area (Å²) in [5.41, 5.74) is 5.42. The number of hydrogen-bond acceptors (Lipinski definition) is 2. The number of carbonyl (C=O) groups is 1. The summed E-state index contributed by atoms with van der Waals surface area (Å²) in [5.74, 6) is 0.727. The van der Waals surface area contributed by atoms with Crippen molar-refractivity contribution in [3.8, 4) is 0 Å². The van der Waals surface area contributed by atoms with E-state index in [9.17, 15) is 4.79 Å². The topological polar surface area (TPSA) is 55.1 Å². The lowest BCUT2D eigenvalue weighted by Gasteiger charge is -2.17. The van der Waals surface area contributed by atoms with Gasteiger partial charge in [0.15, 0.2) is 0 Å². The maximum atomic E-state index is 10.8. The summed E-state index contributed by atoms with van der Waals surface area (Å²) in [4.78, 5) is 10.8. The van der Waals surface area contributed by atoms with Crippen LogP contribution in [0.15, 0.2) is 0 Å². The molecule has 0 aliphatic carbocycles. The van der Waals surface area contributed by atoms with E-state index in [1.807, 2.05) is 0 Å². The molecule has 0 aromatic heterocycles. The highest BCUT2D eigenvalue weighted by molar-refractivity contribution is 5.78. The van der Waals surface area contributed by atoms with E-state index in [4.69, 9.17) is 5.73 Å². The van der Waals surface area contributed by atoms with Crippen LogP contribution in [0.3, 0.4) is 0 Å². The fourth-order valence-electron chi connectivity index (χ4n) is 1.53. The Morgan fingerprint density at radius 1 is 1.82 bits per heavy atom. The Balaban J connectivity index is 2.30. The van der Waals surface area contributed by atoms with Gasteiger partial charge in [0.05, 0.1) is 0 Å². The molecule has 0 bridgehead atoms. The number of rotatable bonds is 3. The van der Waals surface area contributed by atoms with E-state index in [1.165, 1.54) is 0 Å². The molecule has 64 valence electrons. The molecule has 1 fully saturated rings. The average molecular weight is 156 g/mol. The zero-order valence-corrected chi connectivity index (χ0v) is 6.97. The number of amides is 1. The van der Waals surface area contributed by atoms with Crippen LogP contribution in [0.5, 0.6) is 0 Å². The van der Waals surface area contributed by atoms with Gasteiger partial charge in [-0.1, -0.05) is 6.92 Å². The Morgan fingerprint density at radius 2 is 2.55 bits per heavy atom. The predicted octanol–water partition coefficient (Wildman–Crippen LogP) is 0.250. The quantitative estimate of drug-likeness (QED) is 0.615. The van der Waals surface area contributed by atoms with Crippen molar-refractivity contribution in [1.29, 1.82) is 0 Å². The van der Waals surface area contributed by atoms with E-state index in [0.29, 0.717) is 24.9 Å². The minimum absolute atomic E-state index is 0.193. The lowest BCUT2D eigenvalue weighted by atomic mass is 9.97. The van der Waals surface area contributed by atoms with Gasteiger partial charge < -0.3 is 11.1 Å². The van der Waals surface area contributed by atoms with E-state index in [-0.39, 0.29) is 5.91 Å². The zero-order chi connectivity index (χ0) is 8.27. The average Bonchev–Trinajstić information content (AvgIpc) is 2.36. The summed E-state index contributed by atoms with van der Waals surface area (Å²) in [6.07, 6.45) is 2.69. The van der Waals surface area contributed by atoms with Crippen molar-refractivity contribution in [2.24, 2.45) is 11.7 Å². The highest BCUT2D eigenvalue weighted by atomic mass is 16.1. The Bertz CT molecular complexity index is 147. The molecule has 0 aromatic carbocycles. The highest BCUT2D eigenvalue weighted by Gasteiger charge is 2.24. The maximum Gasteiger partial charge on any atom is 0.220 e. The van der Waals surface area contributed by atoms with E-state index in [1.54, 1.807) is 0 Å². The first-order chi connectivity index (χ1) is 5.24. The Morgan fingerprint density at radius 3 is 3.00 bits per heavy atom. The largest absolute Gasteiger partial charge is 0.353 e. The van der Waals surface area contributed by atoms with Crippen LogP contribution in [0.2, 0.25) is 0 Å². The second kappa shape index (κ2) is 3.72. The molecular formula is C8H16N2O. The van der Waals surface area contributed by atoms with Gasteiger partial charge >= 0.3 is 0 Å². The molecule has 1 aliphatic heterocycles. The summed E-state index contributed by atoms with van der Waals surface area (Å²) in [7, 11) is 0. The molecule has 1 saturated heterocycles. The SMILES string of the molecule is CC(CCN)C1CCC(=O)N1. The van der Waals surface area contributed by atoms with Crippen molar-refractivity contribution in [3.63, 3.8) is 0 Å². The predicted molar refractivity (Wildman–Crippen MR) is 44.0 cm³/mol. The standard InChI is InChI=1S/C8H16N2O/c1-6(4-5-9)7-2-3-8(11)10-7/h6-7H,2-5,9H2,1H3,(H,10,11). The summed E-state index contributed by atoms with van der Waals surface area (Å²) in [6, 6.07) is 0.381. The third-order valence-corrected chi connectivity index (χ3v) is 2.34. The molecule has 1 heterocycles. The van der Waals surface area contributed by atoms with Gasteiger partial charge in [-0.2, -0.15) is 0 Å². The summed E-state index contributed by atoms with van der Waals surface area (Å²) >= 11 is 0. The van der Waals surface area contributed by atoms with Crippen LogP contribution >= 0.6 is 0 Å². The van der Waals surface area contributed by atoms with Crippen molar-refractivity contribution in [1.82, 2.24) is 5.32 Å². The molecule has 3 heteroatoms. The first-order valence-electron chi connectivity index (χ1n) is 4.23. The lowest BCUT2D eigenvalue weighted by Crippen LogP contribution is -2.32. The molecule has 0 radical (unpaired) electrons. The Labute approximate surface area is 67.3 Å². The van der Waals surface area contributed by atoms with Gasteiger partial charge in [0.1, 0.15) is 0 Å². The van der Waals surface area contributed by atoms with Gasteiger partial charge in [-0.25, -0.2) is 0 Å².